The van der Waals surface area contributed by atoms with Gasteiger partial charge in [-0.2, -0.15) is 0 Å². The number of nitrogens with zero attached hydrogens (tertiary/aromatic N) is 1. The van der Waals surface area contributed by atoms with E-state index in [9.17, 15) is 9.90 Å². The number of aliphatic hydroxyl groups is 1. The van der Waals surface area contributed by atoms with E-state index in [1.165, 1.54) is 0 Å². The third-order valence-electron chi connectivity index (χ3n) is 3.97. The molecular weight excluding hydrogens is 230 g/mol. The van der Waals surface area contributed by atoms with E-state index in [4.69, 9.17) is 4.74 Å². The molecule has 1 aliphatic heterocycles. The molecule has 1 aliphatic rings. The van der Waals surface area contributed by atoms with Crippen LogP contribution in [0.25, 0.3) is 0 Å². The number of carbonyl (C=O) groups is 1. The normalized spacial score (nSPS) is 21.6. The Hall–Kier alpha value is -0.610. The molecule has 1 unspecified atom stereocenters. The van der Waals surface area contributed by atoms with Crippen molar-refractivity contribution >= 4 is 5.97 Å². The highest BCUT2D eigenvalue weighted by atomic mass is 16.5. The summed E-state index contributed by atoms with van der Waals surface area (Å²) < 4.78 is 5.12. The summed E-state index contributed by atoms with van der Waals surface area (Å²) in [6.45, 7) is 9.10. The molecule has 1 atom stereocenters. The molecule has 1 N–H and O–H groups in total. The number of ether oxygens (including phenoxy) is 1. The smallest absolute Gasteiger partial charge is 0.311 e. The number of esters is 1. The van der Waals surface area contributed by atoms with Crippen molar-refractivity contribution in [3.8, 4) is 0 Å². The molecule has 4 heteroatoms. The first kappa shape index (κ1) is 15.4. The predicted octanol–water partition coefficient (Wildman–Crippen LogP) is 1.81. The first-order valence-corrected chi connectivity index (χ1v) is 7.18. The van der Waals surface area contributed by atoms with Crippen LogP contribution in [0.3, 0.4) is 0 Å². The lowest BCUT2D eigenvalue weighted by Gasteiger charge is -2.41. The zero-order chi connectivity index (χ0) is 13.6. The van der Waals surface area contributed by atoms with Gasteiger partial charge in [0.25, 0.3) is 0 Å². The first-order valence-electron chi connectivity index (χ1n) is 7.18. The fourth-order valence-electron chi connectivity index (χ4n) is 2.74. The lowest BCUT2D eigenvalue weighted by Crippen LogP contribution is -2.51. The van der Waals surface area contributed by atoms with Crippen LogP contribution in [0.15, 0.2) is 0 Å². The van der Waals surface area contributed by atoms with E-state index in [2.05, 4.69) is 11.8 Å². The number of rotatable bonds is 6. The molecule has 0 saturated carbocycles. The monoisotopic (exact) mass is 257 g/mol. The molecular formula is C14H27NO3. The molecule has 0 aromatic heterocycles. The largest absolute Gasteiger partial charge is 0.466 e. The summed E-state index contributed by atoms with van der Waals surface area (Å²) in [4.78, 5) is 14.3. The maximum absolute atomic E-state index is 12.0. The fraction of sp³-hybridized carbons (Fsp3) is 0.929. The Labute approximate surface area is 110 Å². The average molecular weight is 257 g/mol. The van der Waals surface area contributed by atoms with Gasteiger partial charge in [-0.05, 0) is 32.7 Å². The van der Waals surface area contributed by atoms with Crippen LogP contribution >= 0.6 is 0 Å². The van der Waals surface area contributed by atoms with Gasteiger partial charge in [0.1, 0.15) is 0 Å². The third-order valence-corrected chi connectivity index (χ3v) is 3.97. The Kier molecular flexibility index (Phi) is 6.09. The molecule has 0 aromatic carbocycles. The van der Waals surface area contributed by atoms with Crippen LogP contribution in [0.1, 0.15) is 46.5 Å². The van der Waals surface area contributed by atoms with Crippen molar-refractivity contribution in [1.82, 2.24) is 4.90 Å². The molecule has 0 radical (unpaired) electrons. The highest BCUT2D eigenvalue weighted by Crippen LogP contribution is 2.33. The maximum atomic E-state index is 12.0. The minimum Gasteiger partial charge on any atom is -0.466 e. The van der Waals surface area contributed by atoms with Gasteiger partial charge in [0.2, 0.25) is 0 Å². The predicted molar refractivity (Wildman–Crippen MR) is 71.3 cm³/mol. The Morgan fingerprint density at radius 2 is 1.94 bits per heavy atom. The van der Waals surface area contributed by atoms with Gasteiger partial charge in [-0.1, -0.05) is 20.3 Å². The third kappa shape index (κ3) is 3.69. The summed E-state index contributed by atoms with van der Waals surface area (Å²) in [7, 11) is 0. The zero-order valence-corrected chi connectivity index (χ0v) is 11.9. The molecule has 0 spiro atoms. The van der Waals surface area contributed by atoms with E-state index >= 15 is 0 Å². The topological polar surface area (TPSA) is 49.8 Å². The second kappa shape index (κ2) is 7.10. The molecule has 1 heterocycles. The van der Waals surface area contributed by atoms with Crippen molar-refractivity contribution in [1.29, 1.82) is 0 Å². The van der Waals surface area contributed by atoms with E-state index in [-0.39, 0.29) is 11.9 Å². The Balaban J connectivity index is 2.69. The standard InChI is InChI=1S/C14H27NO3/c1-4-7-12(13(16)18-6-3)14(17)8-10-15(5-2)11-9-14/h12,17H,4-11H2,1-3H3. The molecule has 1 rings (SSSR count). The summed E-state index contributed by atoms with van der Waals surface area (Å²) >= 11 is 0. The fourth-order valence-corrected chi connectivity index (χ4v) is 2.74. The van der Waals surface area contributed by atoms with Crippen molar-refractivity contribution in [2.75, 3.05) is 26.2 Å². The van der Waals surface area contributed by atoms with Crippen LogP contribution in [-0.2, 0) is 9.53 Å². The molecule has 0 bridgehead atoms. The molecule has 18 heavy (non-hydrogen) atoms. The molecule has 0 aromatic rings. The Morgan fingerprint density at radius 1 is 1.33 bits per heavy atom. The van der Waals surface area contributed by atoms with Gasteiger partial charge in [0, 0.05) is 13.1 Å². The van der Waals surface area contributed by atoms with E-state index in [0.717, 1.165) is 26.1 Å². The summed E-state index contributed by atoms with van der Waals surface area (Å²) in [6.07, 6.45) is 2.94. The molecule has 1 fully saturated rings. The van der Waals surface area contributed by atoms with Gasteiger partial charge in [0.15, 0.2) is 0 Å². The molecule has 1 saturated heterocycles. The van der Waals surface area contributed by atoms with Crippen molar-refractivity contribution in [2.24, 2.45) is 5.92 Å². The van der Waals surface area contributed by atoms with Crippen molar-refractivity contribution in [3.05, 3.63) is 0 Å². The van der Waals surface area contributed by atoms with Crippen molar-refractivity contribution in [3.63, 3.8) is 0 Å². The van der Waals surface area contributed by atoms with Crippen LogP contribution in [0.5, 0.6) is 0 Å². The van der Waals surface area contributed by atoms with Crippen molar-refractivity contribution in [2.45, 2.75) is 52.1 Å². The Morgan fingerprint density at radius 3 is 2.39 bits per heavy atom. The summed E-state index contributed by atoms with van der Waals surface area (Å²) in [6, 6.07) is 0. The number of hydrogen-bond acceptors (Lipinski definition) is 4. The minimum absolute atomic E-state index is 0.230. The van der Waals surface area contributed by atoms with Gasteiger partial charge < -0.3 is 14.7 Å². The average Bonchev–Trinajstić information content (AvgIpc) is 2.37. The highest BCUT2D eigenvalue weighted by Gasteiger charge is 2.43. The second-order valence-corrected chi connectivity index (χ2v) is 5.13. The minimum atomic E-state index is -0.867. The molecule has 4 nitrogen and oxygen atoms in total. The number of carbonyl (C=O) groups excluding carboxylic acids is 1. The quantitative estimate of drug-likeness (QED) is 0.737. The van der Waals surface area contributed by atoms with Gasteiger partial charge in [-0.15, -0.1) is 0 Å². The zero-order valence-electron chi connectivity index (χ0n) is 11.9. The lowest BCUT2D eigenvalue weighted by atomic mass is 9.77. The van der Waals surface area contributed by atoms with Crippen LogP contribution < -0.4 is 0 Å². The van der Waals surface area contributed by atoms with E-state index in [0.29, 0.717) is 25.9 Å². The van der Waals surface area contributed by atoms with Gasteiger partial charge in [-0.3, -0.25) is 4.79 Å². The molecule has 0 amide bonds. The second-order valence-electron chi connectivity index (χ2n) is 5.13. The van der Waals surface area contributed by atoms with Gasteiger partial charge >= 0.3 is 5.97 Å². The number of piperidine rings is 1. The van der Waals surface area contributed by atoms with Gasteiger partial charge in [-0.25, -0.2) is 0 Å². The SMILES string of the molecule is CCCC(C(=O)OCC)C1(O)CCN(CC)CC1. The highest BCUT2D eigenvalue weighted by molar-refractivity contribution is 5.73. The summed E-state index contributed by atoms with van der Waals surface area (Å²) in [5.41, 5.74) is -0.867. The first-order chi connectivity index (χ1) is 8.57. The number of likely N-dealkylation sites (tertiary alicyclic amines) is 1. The molecule has 0 aliphatic carbocycles. The van der Waals surface area contributed by atoms with Crippen LogP contribution in [0, 0.1) is 5.92 Å². The number of hydrogen-bond donors (Lipinski definition) is 1. The van der Waals surface area contributed by atoms with E-state index < -0.39 is 5.60 Å². The Bertz CT molecular complexity index is 260. The van der Waals surface area contributed by atoms with E-state index in [1.54, 1.807) is 0 Å². The maximum Gasteiger partial charge on any atom is 0.311 e. The lowest BCUT2D eigenvalue weighted by molar-refractivity contribution is -0.163. The van der Waals surface area contributed by atoms with Crippen LogP contribution in [0.2, 0.25) is 0 Å². The summed E-state index contributed by atoms with van der Waals surface area (Å²) in [5.74, 6) is -0.590. The molecule has 106 valence electrons. The summed E-state index contributed by atoms with van der Waals surface area (Å²) in [5, 5.41) is 10.7. The van der Waals surface area contributed by atoms with Crippen LogP contribution in [-0.4, -0.2) is 47.8 Å². The van der Waals surface area contributed by atoms with E-state index in [1.807, 2.05) is 13.8 Å². The van der Waals surface area contributed by atoms with Crippen LogP contribution in [0.4, 0.5) is 0 Å². The van der Waals surface area contributed by atoms with Crippen molar-refractivity contribution < 1.29 is 14.6 Å². The van der Waals surface area contributed by atoms with Gasteiger partial charge in [0.05, 0.1) is 18.1 Å².